The van der Waals surface area contributed by atoms with Crippen molar-refractivity contribution >= 4 is 5.91 Å². The highest BCUT2D eigenvalue weighted by atomic mass is 16.5. The van der Waals surface area contributed by atoms with Gasteiger partial charge in [0.1, 0.15) is 12.2 Å². The molecular formula is C7H13NO4. The molecule has 0 saturated carbocycles. The molecule has 70 valence electrons. The van der Waals surface area contributed by atoms with Crippen LogP contribution in [0.5, 0.6) is 0 Å². The van der Waals surface area contributed by atoms with E-state index in [9.17, 15) is 9.90 Å². The SMILES string of the molecule is NC(=O)[C@H]1CC[C@H](O)[C@@H](CO)O1. The van der Waals surface area contributed by atoms with E-state index in [0.29, 0.717) is 12.8 Å². The van der Waals surface area contributed by atoms with Crippen molar-refractivity contribution in [2.45, 2.75) is 31.2 Å². The lowest BCUT2D eigenvalue weighted by Gasteiger charge is -2.31. The van der Waals surface area contributed by atoms with E-state index < -0.39 is 24.2 Å². The molecule has 0 aliphatic carbocycles. The molecule has 5 heteroatoms. The second kappa shape index (κ2) is 3.84. The lowest BCUT2D eigenvalue weighted by atomic mass is 10.0. The van der Waals surface area contributed by atoms with Crippen molar-refractivity contribution in [1.82, 2.24) is 0 Å². The Hall–Kier alpha value is -0.650. The molecule has 1 fully saturated rings. The summed E-state index contributed by atoms with van der Waals surface area (Å²) in [6.07, 6.45) is -1.15. The summed E-state index contributed by atoms with van der Waals surface area (Å²) in [5.41, 5.74) is 5.00. The maximum atomic E-state index is 10.7. The average molecular weight is 175 g/mol. The first kappa shape index (κ1) is 9.44. The van der Waals surface area contributed by atoms with Gasteiger partial charge in [0, 0.05) is 0 Å². The van der Waals surface area contributed by atoms with Gasteiger partial charge in [-0.3, -0.25) is 4.79 Å². The fraction of sp³-hybridized carbons (Fsp3) is 0.857. The summed E-state index contributed by atoms with van der Waals surface area (Å²) >= 11 is 0. The molecule has 0 bridgehead atoms. The third kappa shape index (κ3) is 1.94. The summed E-state index contributed by atoms with van der Waals surface area (Å²) in [5, 5.41) is 18.0. The Bertz CT molecular complexity index is 173. The quantitative estimate of drug-likeness (QED) is 0.470. The Balaban J connectivity index is 2.49. The zero-order valence-corrected chi connectivity index (χ0v) is 6.64. The lowest BCUT2D eigenvalue weighted by molar-refractivity contribution is -0.156. The fourth-order valence-electron chi connectivity index (χ4n) is 1.25. The molecule has 1 heterocycles. The van der Waals surface area contributed by atoms with Crippen LogP contribution in [0.25, 0.3) is 0 Å². The summed E-state index contributed by atoms with van der Waals surface area (Å²) in [6.45, 7) is -0.287. The normalized spacial score (nSPS) is 36.3. The number of amides is 1. The maximum Gasteiger partial charge on any atom is 0.246 e. The molecular weight excluding hydrogens is 162 g/mol. The van der Waals surface area contributed by atoms with E-state index in [1.165, 1.54) is 0 Å². The van der Waals surface area contributed by atoms with Crippen LogP contribution in [0, 0.1) is 0 Å². The highest BCUT2D eigenvalue weighted by molar-refractivity contribution is 5.78. The number of rotatable bonds is 2. The molecule has 1 rings (SSSR count). The molecule has 0 aromatic rings. The molecule has 0 aromatic heterocycles. The molecule has 0 aromatic carbocycles. The number of primary amides is 1. The Morgan fingerprint density at radius 3 is 2.75 bits per heavy atom. The molecule has 1 aliphatic heterocycles. The second-order valence-electron chi connectivity index (χ2n) is 2.89. The third-order valence-corrected chi connectivity index (χ3v) is 1.99. The van der Waals surface area contributed by atoms with Crippen LogP contribution >= 0.6 is 0 Å². The topological polar surface area (TPSA) is 92.8 Å². The number of aliphatic hydroxyl groups excluding tert-OH is 2. The molecule has 1 saturated heterocycles. The van der Waals surface area contributed by atoms with E-state index in [-0.39, 0.29) is 6.61 Å². The van der Waals surface area contributed by atoms with Gasteiger partial charge in [-0.2, -0.15) is 0 Å². The predicted octanol–water partition coefficient (Wildman–Crippen LogP) is -1.63. The minimum Gasteiger partial charge on any atom is -0.394 e. The third-order valence-electron chi connectivity index (χ3n) is 1.99. The Morgan fingerprint density at radius 1 is 1.58 bits per heavy atom. The largest absolute Gasteiger partial charge is 0.394 e. The van der Waals surface area contributed by atoms with Gasteiger partial charge in [-0.1, -0.05) is 0 Å². The van der Waals surface area contributed by atoms with Crippen molar-refractivity contribution in [3.8, 4) is 0 Å². The first-order valence-corrected chi connectivity index (χ1v) is 3.89. The van der Waals surface area contributed by atoms with Gasteiger partial charge in [-0.15, -0.1) is 0 Å². The van der Waals surface area contributed by atoms with Crippen LogP contribution in [0.2, 0.25) is 0 Å². The van der Waals surface area contributed by atoms with Crippen molar-refractivity contribution in [3.05, 3.63) is 0 Å². The summed E-state index contributed by atoms with van der Waals surface area (Å²) in [6, 6.07) is 0. The van der Waals surface area contributed by atoms with E-state index in [2.05, 4.69) is 0 Å². The van der Waals surface area contributed by atoms with Gasteiger partial charge >= 0.3 is 0 Å². The standard InChI is InChI=1S/C7H13NO4/c8-7(11)5-2-1-4(10)6(3-9)12-5/h4-6,9-10H,1-3H2,(H2,8,11)/t4-,5+,6+/m0/s1. The van der Waals surface area contributed by atoms with Crippen LogP contribution in [0.3, 0.4) is 0 Å². The second-order valence-corrected chi connectivity index (χ2v) is 2.89. The molecule has 1 amide bonds. The molecule has 0 spiro atoms. The number of hydrogen-bond donors (Lipinski definition) is 3. The Labute approximate surface area is 70.1 Å². The van der Waals surface area contributed by atoms with Gasteiger partial charge in [0.25, 0.3) is 0 Å². The molecule has 4 N–H and O–H groups in total. The van der Waals surface area contributed by atoms with Gasteiger partial charge in [0.15, 0.2) is 0 Å². The Morgan fingerprint density at radius 2 is 2.25 bits per heavy atom. The number of carbonyl (C=O) groups excluding carboxylic acids is 1. The van der Waals surface area contributed by atoms with Crippen molar-refractivity contribution in [1.29, 1.82) is 0 Å². The van der Waals surface area contributed by atoms with E-state index >= 15 is 0 Å². The molecule has 5 nitrogen and oxygen atoms in total. The maximum absolute atomic E-state index is 10.7. The van der Waals surface area contributed by atoms with Crippen molar-refractivity contribution in [3.63, 3.8) is 0 Å². The van der Waals surface area contributed by atoms with Crippen molar-refractivity contribution in [2.75, 3.05) is 6.61 Å². The van der Waals surface area contributed by atoms with Gasteiger partial charge < -0.3 is 20.7 Å². The Kier molecular flexibility index (Phi) is 3.02. The van der Waals surface area contributed by atoms with Gasteiger partial charge in [0.2, 0.25) is 5.91 Å². The predicted molar refractivity (Wildman–Crippen MR) is 40.2 cm³/mol. The first-order chi connectivity index (χ1) is 5.65. The van der Waals surface area contributed by atoms with Crippen molar-refractivity contribution in [2.24, 2.45) is 5.73 Å². The molecule has 1 aliphatic rings. The minimum atomic E-state index is -0.689. The fourth-order valence-corrected chi connectivity index (χ4v) is 1.25. The summed E-state index contributed by atoms with van der Waals surface area (Å²) < 4.78 is 5.03. The van der Waals surface area contributed by atoms with E-state index in [1.807, 2.05) is 0 Å². The monoisotopic (exact) mass is 175 g/mol. The summed E-state index contributed by atoms with van der Waals surface area (Å²) in [7, 11) is 0. The lowest BCUT2D eigenvalue weighted by Crippen LogP contribution is -2.46. The smallest absolute Gasteiger partial charge is 0.246 e. The molecule has 3 atom stereocenters. The number of hydrogen-bond acceptors (Lipinski definition) is 4. The average Bonchev–Trinajstić information content (AvgIpc) is 2.05. The van der Waals surface area contributed by atoms with Gasteiger partial charge in [0.05, 0.1) is 12.7 Å². The van der Waals surface area contributed by atoms with Crippen LogP contribution < -0.4 is 5.73 Å². The molecule has 0 radical (unpaired) electrons. The van der Waals surface area contributed by atoms with E-state index in [0.717, 1.165) is 0 Å². The highest BCUT2D eigenvalue weighted by Crippen LogP contribution is 2.18. The highest BCUT2D eigenvalue weighted by Gasteiger charge is 2.31. The number of aliphatic hydroxyl groups is 2. The van der Waals surface area contributed by atoms with Crippen LogP contribution in [0.15, 0.2) is 0 Å². The number of nitrogens with two attached hydrogens (primary N) is 1. The van der Waals surface area contributed by atoms with Crippen LogP contribution in [0.4, 0.5) is 0 Å². The van der Waals surface area contributed by atoms with Gasteiger partial charge in [-0.25, -0.2) is 0 Å². The minimum absolute atomic E-state index is 0.287. The van der Waals surface area contributed by atoms with Crippen LogP contribution in [0.1, 0.15) is 12.8 Å². The van der Waals surface area contributed by atoms with Crippen molar-refractivity contribution < 1.29 is 19.7 Å². The zero-order valence-electron chi connectivity index (χ0n) is 6.64. The summed E-state index contributed by atoms with van der Waals surface area (Å²) in [4.78, 5) is 10.7. The van der Waals surface area contributed by atoms with Gasteiger partial charge in [-0.05, 0) is 12.8 Å². The zero-order chi connectivity index (χ0) is 9.14. The first-order valence-electron chi connectivity index (χ1n) is 3.89. The number of carbonyl (C=O) groups is 1. The summed E-state index contributed by atoms with van der Waals surface area (Å²) in [5.74, 6) is -0.541. The van der Waals surface area contributed by atoms with Crippen LogP contribution in [-0.4, -0.2) is 41.0 Å². The molecule has 0 unspecified atom stereocenters. The van der Waals surface area contributed by atoms with E-state index in [4.69, 9.17) is 15.6 Å². The van der Waals surface area contributed by atoms with E-state index in [1.54, 1.807) is 0 Å². The van der Waals surface area contributed by atoms with Crippen LogP contribution in [-0.2, 0) is 9.53 Å². The number of ether oxygens (including phenoxy) is 1. The molecule has 12 heavy (non-hydrogen) atoms.